The molecule has 5 aromatic heterocycles. The van der Waals surface area contributed by atoms with Gasteiger partial charge in [-0.25, -0.2) is 4.98 Å². The molecule has 17 rings (SSSR count). The molecule has 0 N–H and O–H groups in total. The summed E-state index contributed by atoms with van der Waals surface area (Å²) >= 11 is 0. The number of pyridine rings is 1. The van der Waals surface area contributed by atoms with Crippen molar-refractivity contribution < 1.29 is 0 Å². The average Bonchev–Trinajstić information content (AvgIpc) is 4.51. The van der Waals surface area contributed by atoms with Crippen LogP contribution < -0.4 is 0 Å². The molecule has 2 saturated carbocycles. The molecule has 0 radical (unpaired) electrons. The van der Waals surface area contributed by atoms with E-state index in [9.17, 15) is 0 Å². The van der Waals surface area contributed by atoms with Crippen LogP contribution in [0.5, 0.6) is 0 Å². The SMILES string of the molecule is C1=CC2CC2c2c1n(-c1ccccc1)c1c2ccc2c3c(n(-c4cccc(-n5c6ccccc6c6cc7c(cc65)c5ccccc5n7-c5cc(-c6ccccc6)cc(-c6ccccc6)c5)n4)c21)C=CC1CC31.CCCC. The molecule has 0 spiro atoms. The molecular weight excluding hydrogens is 923 g/mol. The van der Waals surface area contributed by atoms with Gasteiger partial charge in [0.25, 0.3) is 0 Å². The Morgan fingerprint density at radius 2 is 0.842 bits per heavy atom. The zero-order chi connectivity index (χ0) is 50.2. The van der Waals surface area contributed by atoms with Crippen LogP contribution in [0.15, 0.2) is 212 Å². The van der Waals surface area contributed by atoms with Crippen LogP contribution in [-0.2, 0) is 0 Å². The van der Waals surface area contributed by atoms with E-state index in [4.69, 9.17) is 4.98 Å². The van der Waals surface area contributed by atoms with Crippen LogP contribution in [0.1, 0.15) is 73.9 Å². The first-order chi connectivity index (χ1) is 37.6. The van der Waals surface area contributed by atoms with Crippen molar-refractivity contribution in [1.82, 2.24) is 23.3 Å². The lowest BCUT2D eigenvalue weighted by Gasteiger charge is -2.15. The van der Waals surface area contributed by atoms with Crippen molar-refractivity contribution in [2.75, 3.05) is 0 Å². The Bertz CT molecular complexity index is 4500. The Balaban J connectivity index is 0.00000118. The summed E-state index contributed by atoms with van der Waals surface area (Å²) in [4.78, 5) is 5.80. The number of unbranched alkanes of at least 4 members (excludes halogenated alkanes) is 1. The maximum Gasteiger partial charge on any atom is 0.140 e. The van der Waals surface area contributed by atoms with Crippen LogP contribution >= 0.6 is 0 Å². The second-order valence-electron chi connectivity index (χ2n) is 21.6. The summed E-state index contributed by atoms with van der Waals surface area (Å²) in [6.45, 7) is 4.36. The minimum Gasteiger partial charge on any atom is -0.309 e. The third-order valence-corrected chi connectivity index (χ3v) is 17.2. The first-order valence-corrected chi connectivity index (χ1v) is 27.5. The summed E-state index contributed by atoms with van der Waals surface area (Å²) in [6.07, 6.45) is 14.8. The average molecular weight is 978 g/mol. The Labute approximate surface area is 441 Å². The van der Waals surface area contributed by atoms with E-state index in [-0.39, 0.29) is 0 Å². The zero-order valence-electron chi connectivity index (χ0n) is 42.7. The molecule has 8 aromatic carbocycles. The number of fused-ring (bicyclic) bond motifs is 17. The quantitative estimate of drug-likeness (QED) is 0.157. The minimum absolute atomic E-state index is 0.532. The second-order valence-corrected chi connectivity index (χ2v) is 21.6. The lowest BCUT2D eigenvalue weighted by molar-refractivity contribution is 0.886. The number of rotatable bonds is 7. The van der Waals surface area contributed by atoms with Crippen LogP contribution in [0.3, 0.4) is 0 Å². The summed E-state index contributed by atoms with van der Waals surface area (Å²) in [6, 6.07) is 73.8. The third kappa shape index (κ3) is 6.48. The molecule has 364 valence electrons. The third-order valence-electron chi connectivity index (χ3n) is 17.2. The molecule has 5 nitrogen and oxygen atoms in total. The predicted molar refractivity (Wildman–Crippen MR) is 318 cm³/mol. The van der Waals surface area contributed by atoms with Crippen molar-refractivity contribution in [3.63, 3.8) is 0 Å². The van der Waals surface area contributed by atoms with Gasteiger partial charge in [-0.3, -0.25) is 9.13 Å². The van der Waals surface area contributed by atoms with Gasteiger partial charge in [0.05, 0.1) is 44.5 Å². The lowest BCUT2D eigenvalue weighted by atomic mass is 9.97. The molecule has 0 amide bonds. The van der Waals surface area contributed by atoms with E-state index in [1.807, 2.05) is 0 Å². The summed E-state index contributed by atoms with van der Waals surface area (Å²) < 4.78 is 9.98. The molecule has 4 unspecified atom stereocenters. The molecule has 0 bridgehead atoms. The molecule has 13 aromatic rings. The molecular formula is C71H55N5. The first kappa shape index (κ1) is 43.5. The van der Waals surface area contributed by atoms with E-state index in [1.165, 1.54) is 131 Å². The van der Waals surface area contributed by atoms with Gasteiger partial charge in [0.2, 0.25) is 0 Å². The lowest BCUT2D eigenvalue weighted by Crippen LogP contribution is -2.06. The van der Waals surface area contributed by atoms with E-state index in [0.717, 1.165) is 28.4 Å². The molecule has 4 aliphatic carbocycles. The highest BCUT2D eigenvalue weighted by atomic mass is 15.2. The molecule has 2 fully saturated rings. The van der Waals surface area contributed by atoms with Crippen LogP contribution in [0.2, 0.25) is 0 Å². The topological polar surface area (TPSA) is 32.6 Å². The number of nitrogens with zero attached hydrogens (tertiary/aromatic N) is 5. The van der Waals surface area contributed by atoms with Gasteiger partial charge in [-0.15, -0.1) is 0 Å². The van der Waals surface area contributed by atoms with Gasteiger partial charge in [-0.2, -0.15) is 0 Å². The zero-order valence-corrected chi connectivity index (χ0v) is 42.7. The fourth-order valence-corrected chi connectivity index (χ4v) is 13.3. The minimum atomic E-state index is 0.532. The number of allylic oxidation sites excluding steroid dienone is 2. The first-order valence-electron chi connectivity index (χ1n) is 27.5. The van der Waals surface area contributed by atoms with Crippen molar-refractivity contribution in [1.29, 1.82) is 0 Å². The standard InChI is InChI=1S/C67H45N5.C4H10/c1-4-15-40(16-5-1)44-33-45(41-17-6-2-7-18-41)35-47(34-44)69-56-23-12-10-21-48(56)54-39-61-55(38-60(54)69)49-22-11-13-24-57(49)71(61)62-25-14-26-63(68-62)72-59-32-28-43-37-53(43)65(59)51-30-29-50-64-52-36-42(52)27-31-58(64)70(66(50)67(51)72)46-19-8-3-9-20-46;1-3-4-2/h1-35,38-39,42-43,52-53H,36-37H2;3-4H2,1-2H3. The highest BCUT2D eigenvalue weighted by molar-refractivity contribution is 6.19. The van der Waals surface area contributed by atoms with Gasteiger partial charge >= 0.3 is 0 Å². The van der Waals surface area contributed by atoms with Crippen LogP contribution in [-0.4, -0.2) is 23.3 Å². The Kier molecular flexibility index (Phi) is 9.60. The highest BCUT2D eigenvalue weighted by Crippen LogP contribution is 2.59. The van der Waals surface area contributed by atoms with E-state index >= 15 is 0 Å². The maximum absolute atomic E-state index is 5.80. The van der Waals surface area contributed by atoms with Gasteiger partial charge in [-0.1, -0.05) is 172 Å². The maximum atomic E-state index is 5.80. The number of hydrogen-bond acceptors (Lipinski definition) is 1. The van der Waals surface area contributed by atoms with Crippen molar-refractivity contribution in [2.24, 2.45) is 11.8 Å². The molecule has 4 aliphatic rings. The summed E-state index contributed by atoms with van der Waals surface area (Å²) in [7, 11) is 0. The Hall–Kier alpha value is -8.93. The van der Waals surface area contributed by atoms with Crippen LogP contribution in [0.25, 0.3) is 123 Å². The van der Waals surface area contributed by atoms with Gasteiger partial charge < -0.3 is 9.13 Å². The molecule has 0 saturated heterocycles. The number of para-hydroxylation sites is 3. The van der Waals surface area contributed by atoms with Crippen LogP contribution in [0, 0.1) is 11.8 Å². The Morgan fingerprint density at radius 1 is 0.368 bits per heavy atom. The van der Waals surface area contributed by atoms with E-state index in [2.05, 4.69) is 257 Å². The number of hydrogen-bond donors (Lipinski definition) is 0. The molecule has 76 heavy (non-hydrogen) atoms. The summed E-state index contributed by atoms with van der Waals surface area (Å²) in [5.41, 5.74) is 19.8. The summed E-state index contributed by atoms with van der Waals surface area (Å²) in [5, 5.41) is 7.55. The second kappa shape index (κ2) is 16.8. The molecule has 5 heteroatoms. The monoisotopic (exact) mass is 977 g/mol. The fourth-order valence-electron chi connectivity index (χ4n) is 13.3. The fraction of sp³-hybridized carbons (Fsp3) is 0.141. The van der Waals surface area contributed by atoms with E-state index < -0.39 is 0 Å². The van der Waals surface area contributed by atoms with Crippen molar-refractivity contribution in [3.05, 3.63) is 235 Å². The van der Waals surface area contributed by atoms with Crippen molar-refractivity contribution >= 4 is 77.6 Å². The van der Waals surface area contributed by atoms with Gasteiger partial charge in [0.15, 0.2) is 0 Å². The predicted octanol–water partition coefficient (Wildman–Crippen LogP) is 18.6. The largest absolute Gasteiger partial charge is 0.309 e. The number of benzene rings is 8. The highest BCUT2D eigenvalue weighted by Gasteiger charge is 2.45. The summed E-state index contributed by atoms with van der Waals surface area (Å²) in [5.74, 6) is 4.19. The molecule has 5 heterocycles. The normalized spacial score (nSPS) is 17.8. The Morgan fingerprint density at radius 3 is 1.41 bits per heavy atom. The van der Waals surface area contributed by atoms with Gasteiger partial charge in [-0.05, 0) is 149 Å². The van der Waals surface area contributed by atoms with Crippen molar-refractivity contribution in [2.45, 2.75) is 51.4 Å². The smallest absolute Gasteiger partial charge is 0.140 e. The molecule has 4 atom stereocenters. The van der Waals surface area contributed by atoms with E-state index in [0.29, 0.717) is 23.7 Å². The molecule has 0 aliphatic heterocycles. The van der Waals surface area contributed by atoms with Crippen molar-refractivity contribution in [3.8, 4) is 45.3 Å². The van der Waals surface area contributed by atoms with Gasteiger partial charge in [0.1, 0.15) is 11.6 Å². The van der Waals surface area contributed by atoms with Gasteiger partial charge in [0, 0.05) is 43.7 Å². The number of aromatic nitrogens is 5. The van der Waals surface area contributed by atoms with E-state index in [1.54, 1.807) is 0 Å². The van der Waals surface area contributed by atoms with Crippen LogP contribution in [0.4, 0.5) is 0 Å².